The number of carbonyl (C=O) groups excluding carboxylic acids is 1. The van der Waals surface area contributed by atoms with Gasteiger partial charge in [-0.2, -0.15) is 5.26 Å². The molecule has 0 radical (unpaired) electrons. The highest BCUT2D eigenvalue weighted by Crippen LogP contribution is 2.45. The second-order valence-electron chi connectivity index (χ2n) is 8.09. The molecular formula is C22H28N4O5. The maximum atomic E-state index is 11.9. The van der Waals surface area contributed by atoms with Gasteiger partial charge in [0.25, 0.3) is 0 Å². The molecule has 0 aromatic heterocycles. The molecule has 2 aliphatic heterocycles. The fourth-order valence-electron chi connectivity index (χ4n) is 4.78. The van der Waals surface area contributed by atoms with E-state index in [1.54, 1.807) is 7.11 Å². The van der Waals surface area contributed by atoms with E-state index in [9.17, 15) is 10.1 Å². The number of esters is 1. The molecule has 1 aliphatic carbocycles. The van der Waals surface area contributed by atoms with Gasteiger partial charge in [-0.1, -0.05) is 6.07 Å². The minimum absolute atomic E-state index is 0.0759. The topological polar surface area (TPSA) is 128 Å². The predicted molar refractivity (Wildman–Crippen MR) is 111 cm³/mol. The summed E-state index contributed by atoms with van der Waals surface area (Å²) in [5, 5.41) is 9.84. The number of methoxy groups -OCH3 is 2. The summed E-state index contributed by atoms with van der Waals surface area (Å²) in [5.74, 6) is 0.366. The second kappa shape index (κ2) is 9.04. The van der Waals surface area contributed by atoms with Gasteiger partial charge in [0.2, 0.25) is 5.88 Å². The molecule has 1 saturated carbocycles. The van der Waals surface area contributed by atoms with Crippen molar-refractivity contribution in [1.82, 2.24) is 10.9 Å². The van der Waals surface area contributed by atoms with Crippen LogP contribution in [0.3, 0.4) is 0 Å². The first kappa shape index (κ1) is 21.3. The van der Waals surface area contributed by atoms with E-state index in [4.69, 9.17) is 24.7 Å². The molecule has 3 aliphatic rings. The number of benzene rings is 1. The van der Waals surface area contributed by atoms with Crippen molar-refractivity contribution >= 4 is 5.97 Å². The first-order valence-electron chi connectivity index (χ1n) is 10.5. The Balaban J connectivity index is 1.69. The van der Waals surface area contributed by atoms with Crippen molar-refractivity contribution in [1.29, 1.82) is 5.26 Å². The molecule has 4 atom stereocenters. The minimum Gasteiger partial charge on any atom is -0.493 e. The van der Waals surface area contributed by atoms with E-state index < -0.39 is 12.1 Å². The number of hydrazine groups is 1. The fraction of sp³-hybridized carbons (Fsp3) is 0.545. The van der Waals surface area contributed by atoms with E-state index in [0.29, 0.717) is 17.1 Å². The monoisotopic (exact) mass is 428 g/mol. The molecule has 4 unspecified atom stereocenters. The molecule has 9 heteroatoms. The number of ether oxygens (including phenoxy) is 4. The Morgan fingerprint density at radius 2 is 2.03 bits per heavy atom. The van der Waals surface area contributed by atoms with E-state index in [-0.39, 0.29) is 36.3 Å². The quantitative estimate of drug-likeness (QED) is 0.581. The molecule has 9 nitrogen and oxygen atoms in total. The third kappa shape index (κ3) is 4.13. The van der Waals surface area contributed by atoms with Crippen LogP contribution in [0, 0.1) is 17.2 Å². The lowest BCUT2D eigenvalue weighted by Crippen LogP contribution is -2.41. The maximum absolute atomic E-state index is 11.9. The fourth-order valence-corrected chi connectivity index (χ4v) is 4.78. The summed E-state index contributed by atoms with van der Waals surface area (Å²) in [4.78, 5) is 11.9. The Morgan fingerprint density at radius 3 is 2.71 bits per heavy atom. The van der Waals surface area contributed by atoms with Crippen LogP contribution in [0.4, 0.5) is 0 Å². The Bertz CT molecular complexity index is 906. The predicted octanol–water partition coefficient (Wildman–Crippen LogP) is 1.81. The molecule has 31 heavy (non-hydrogen) atoms. The molecule has 2 fully saturated rings. The Hall–Kier alpha value is -2.96. The zero-order valence-electron chi connectivity index (χ0n) is 17.7. The van der Waals surface area contributed by atoms with Crippen LogP contribution in [0.1, 0.15) is 43.6 Å². The molecule has 1 aromatic rings. The van der Waals surface area contributed by atoms with Crippen LogP contribution < -0.4 is 26.1 Å². The molecule has 2 heterocycles. The lowest BCUT2D eigenvalue weighted by atomic mass is 9.75. The molecule has 0 amide bonds. The van der Waals surface area contributed by atoms with Crippen LogP contribution in [0.15, 0.2) is 29.7 Å². The number of nitrogens with one attached hydrogen (secondary N) is 2. The molecule has 0 bridgehead atoms. The van der Waals surface area contributed by atoms with Crippen LogP contribution in [0.2, 0.25) is 0 Å². The third-order valence-corrected chi connectivity index (χ3v) is 6.32. The summed E-state index contributed by atoms with van der Waals surface area (Å²) >= 11 is 0. The van der Waals surface area contributed by atoms with Crippen LogP contribution in [-0.4, -0.2) is 38.6 Å². The maximum Gasteiger partial charge on any atom is 0.307 e. The van der Waals surface area contributed by atoms with Crippen molar-refractivity contribution in [2.75, 3.05) is 14.2 Å². The molecule has 0 spiro atoms. The number of hydrogen-bond acceptors (Lipinski definition) is 9. The highest BCUT2D eigenvalue weighted by atomic mass is 16.5. The molecular weight excluding hydrogens is 400 g/mol. The van der Waals surface area contributed by atoms with Gasteiger partial charge < -0.3 is 24.7 Å². The van der Waals surface area contributed by atoms with Gasteiger partial charge in [-0.25, -0.2) is 5.43 Å². The standard InChI is InChI=1S/C22H28N4O5/c1-28-17-9-12(7-8-16(17)30-13-5-3-4-6-13)19-14(11-23)21(24)31-22-20(19)15(25-26-22)10-18(27)29-2/h7-9,13,15,19-20,22,25-26H,3-6,10,24H2,1-2H3. The Kier molecular flexibility index (Phi) is 6.20. The van der Waals surface area contributed by atoms with Crippen molar-refractivity contribution in [3.05, 3.63) is 35.2 Å². The van der Waals surface area contributed by atoms with Crippen LogP contribution in [-0.2, 0) is 14.3 Å². The molecule has 1 saturated heterocycles. The van der Waals surface area contributed by atoms with E-state index >= 15 is 0 Å². The highest BCUT2D eigenvalue weighted by molar-refractivity contribution is 5.70. The van der Waals surface area contributed by atoms with E-state index in [2.05, 4.69) is 16.9 Å². The summed E-state index contributed by atoms with van der Waals surface area (Å²) in [6.07, 6.45) is 4.27. The average molecular weight is 428 g/mol. The summed E-state index contributed by atoms with van der Waals surface area (Å²) < 4.78 is 22.3. The summed E-state index contributed by atoms with van der Waals surface area (Å²) in [5.41, 5.74) is 13.4. The van der Waals surface area contributed by atoms with Gasteiger partial charge in [0.05, 0.1) is 32.3 Å². The van der Waals surface area contributed by atoms with Crippen molar-refractivity contribution in [2.24, 2.45) is 11.7 Å². The highest BCUT2D eigenvalue weighted by Gasteiger charge is 2.49. The largest absolute Gasteiger partial charge is 0.493 e. The van der Waals surface area contributed by atoms with Crippen molar-refractivity contribution in [2.45, 2.75) is 56.4 Å². The van der Waals surface area contributed by atoms with Crippen molar-refractivity contribution in [3.8, 4) is 17.6 Å². The third-order valence-electron chi connectivity index (χ3n) is 6.32. The number of nitrogens with zero attached hydrogens (tertiary/aromatic N) is 1. The lowest BCUT2D eigenvalue weighted by Gasteiger charge is -2.35. The van der Waals surface area contributed by atoms with Gasteiger partial charge in [-0.05, 0) is 43.4 Å². The van der Waals surface area contributed by atoms with Gasteiger partial charge >= 0.3 is 5.97 Å². The smallest absolute Gasteiger partial charge is 0.307 e. The van der Waals surface area contributed by atoms with Crippen molar-refractivity contribution in [3.63, 3.8) is 0 Å². The zero-order valence-corrected chi connectivity index (χ0v) is 17.7. The van der Waals surface area contributed by atoms with E-state index in [1.165, 1.54) is 20.0 Å². The van der Waals surface area contributed by atoms with Gasteiger partial charge in [-0.3, -0.25) is 10.2 Å². The SMILES string of the molecule is COC(=O)CC1NNC2OC(N)=C(C#N)C(c3ccc(OC4CCCC4)c(OC)c3)C12. The van der Waals surface area contributed by atoms with Gasteiger partial charge in [0.1, 0.15) is 6.07 Å². The minimum atomic E-state index is -0.489. The van der Waals surface area contributed by atoms with Crippen LogP contribution in [0.25, 0.3) is 0 Å². The number of carbonyl (C=O) groups is 1. The Labute approximate surface area is 181 Å². The molecule has 4 rings (SSSR count). The second-order valence-corrected chi connectivity index (χ2v) is 8.09. The summed E-state index contributed by atoms with van der Waals surface area (Å²) in [6, 6.07) is 7.59. The lowest BCUT2D eigenvalue weighted by molar-refractivity contribution is -0.141. The molecule has 166 valence electrons. The van der Waals surface area contributed by atoms with E-state index in [1.807, 2.05) is 18.2 Å². The summed E-state index contributed by atoms with van der Waals surface area (Å²) in [6.45, 7) is 0. The first-order chi connectivity index (χ1) is 15.0. The van der Waals surface area contributed by atoms with Gasteiger partial charge in [-0.15, -0.1) is 0 Å². The average Bonchev–Trinajstić information content (AvgIpc) is 3.43. The number of nitriles is 1. The van der Waals surface area contributed by atoms with Gasteiger partial charge in [0.15, 0.2) is 17.7 Å². The number of nitrogens with two attached hydrogens (primary N) is 1. The Morgan fingerprint density at radius 1 is 1.26 bits per heavy atom. The normalized spacial score (nSPS) is 27.9. The summed E-state index contributed by atoms with van der Waals surface area (Å²) in [7, 11) is 2.95. The number of rotatable bonds is 6. The first-order valence-corrected chi connectivity index (χ1v) is 10.5. The molecule has 1 aromatic carbocycles. The van der Waals surface area contributed by atoms with Crippen LogP contribution in [0.5, 0.6) is 11.5 Å². The molecule has 4 N–H and O–H groups in total. The number of fused-ring (bicyclic) bond motifs is 1. The number of allylic oxidation sites excluding steroid dienone is 1. The number of hydrogen-bond donors (Lipinski definition) is 3. The van der Waals surface area contributed by atoms with E-state index in [0.717, 1.165) is 18.4 Å². The van der Waals surface area contributed by atoms with Crippen LogP contribution >= 0.6 is 0 Å². The zero-order chi connectivity index (χ0) is 22.0. The van der Waals surface area contributed by atoms with Gasteiger partial charge in [0, 0.05) is 17.9 Å². The van der Waals surface area contributed by atoms with Crippen molar-refractivity contribution < 1.29 is 23.7 Å².